The summed E-state index contributed by atoms with van der Waals surface area (Å²) in [6.07, 6.45) is -3.16. The van der Waals surface area contributed by atoms with Gasteiger partial charge in [0.05, 0.1) is 12.1 Å². The van der Waals surface area contributed by atoms with Crippen molar-refractivity contribution in [2.24, 2.45) is 0 Å². The quantitative estimate of drug-likeness (QED) is 0.525. The van der Waals surface area contributed by atoms with Crippen LogP contribution in [0.15, 0.2) is 60.1 Å². The molecule has 0 unspecified atom stereocenters. The molecule has 6 nitrogen and oxygen atoms in total. The second kappa shape index (κ2) is 7.55. The number of alkyl halides is 3. The SMILES string of the molecule is O=C(NCc1cccs1)c1ccc2nnc(-c3ccc(OC(F)(F)F)cc3)n2c1. The molecule has 4 aromatic rings. The molecule has 148 valence electrons. The summed E-state index contributed by atoms with van der Waals surface area (Å²) in [6.45, 7) is 0.421. The maximum absolute atomic E-state index is 12.4. The van der Waals surface area contributed by atoms with Gasteiger partial charge in [0.1, 0.15) is 5.75 Å². The second-order valence-corrected chi connectivity index (χ2v) is 7.04. The van der Waals surface area contributed by atoms with Crippen molar-refractivity contribution in [3.8, 4) is 17.1 Å². The first kappa shape index (κ1) is 18.9. The van der Waals surface area contributed by atoms with E-state index >= 15 is 0 Å². The van der Waals surface area contributed by atoms with E-state index in [2.05, 4.69) is 20.3 Å². The number of benzene rings is 1. The van der Waals surface area contributed by atoms with E-state index in [-0.39, 0.29) is 11.7 Å². The van der Waals surface area contributed by atoms with Crippen LogP contribution >= 0.6 is 11.3 Å². The molecule has 3 aromatic heterocycles. The number of rotatable bonds is 5. The first-order valence-corrected chi connectivity index (χ1v) is 9.28. The van der Waals surface area contributed by atoms with Crippen molar-refractivity contribution in [2.45, 2.75) is 12.9 Å². The van der Waals surface area contributed by atoms with Crippen molar-refractivity contribution in [2.75, 3.05) is 0 Å². The van der Waals surface area contributed by atoms with Gasteiger partial charge in [0.2, 0.25) is 0 Å². The van der Waals surface area contributed by atoms with Crippen LogP contribution in [0.1, 0.15) is 15.2 Å². The van der Waals surface area contributed by atoms with E-state index in [0.29, 0.717) is 29.1 Å². The minimum absolute atomic E-state index is 0.256. The second-order valence-electron chi connectivity index (χ2n) is 6.00. The highest BCUT2D eigenvalue weighted by Gasteiger charge is 2.31. The fraction of sp³-hybridized carbons (Fsp3) is 0.105. The number of hydrogen-bond donors (Lipinski definition) is 1. The van der Waals surface area contributed by atoms with Crippen molar-refractivity contribution in [1.82, 2.24) is 19.9 Å². The summed E-state index contributed by atoms with van der Waals surface area (Å²) in [5, 5.41) is 12.9. The zero-order valence-corrected chi connectivity index (χ0v) is 15.5. The average Bonchev–Trinajstić information content (AvgIpc) is 3.35. The summed E-state index contributed by atoms with van der Waals surface area (Å²) in [5.74, 6) is -0.191. The number of carbonyl (C=O) groups excluding carboxylic acids is 1. The van der Waals surface area contributed by atoms with Crippen molar-refractivity contribution in [3.63, 3.8) is 0 Å². The van der Waals surface area contributed by atoms with E-state index in [1.807, 2.05) is 17.5 Å². The standard InChI is InChI=1S/C19H13F3N4O2S/c20-19(21,22)28-14-6-3-12(4-7-14)17-25-24-16-8-5-13(11-26(16)17)18(27)23-10-15-2-1-9-29-15/h1-9,11H,10H2,(H,23,27). The van der Waals surface area contributed by atoms with Gasteiger partial charge in [-0.2, -0.15) is 0 Å². The molecule has 0 radical (unpaired) electrons. The molecule has 0 atom stereocenters. The molecule has 0 aliphatic rings. The molecule has 0 fully saturated rings. The van der Waals surface area contributed by atoms with E-state index in [0.717, 1.165) is 4.88 Å². The predicted octanol–water partition coefficient (Wildman–Crippen LogP) is 4.29. The highest BCUT2D eigenvalue weighted by atomic mass is 32.1. The molecule has 1 N–H and O–H groups in total. The minimum Gasteiger partial charge on any atom is -0.406 e. The van der Waals surface area contributed by atoms with E-state index in [9.17, 15) is 18.0 Å². The average molecular weight is 418 g/mol. The molecule has 0 saturated heterocycles. The Morgan fingerprint density at radius 3 is 2.59 bits per heavy atom. The Bertz CT molecular complexity index is 1140. The largest absolute Gasteiger partial charge is 0.573 e. The number of aromatic nitrogens is 3. The summed E-state index contributed by atoms with van der Waals surface area (Å²) in [7, 11) is 0. The first-order chi connectivity index (χ1) is 13.9. The van der Waals surface area contributed by atoms with E-state index < -0.39 is 6.36 Å². The molecule has 0 saturated carbocycles. The predicted molar refractivity (Wildman–Crippen MR) is 101 cm³/mol. The van der Waals surface area contributed by atoms with Crippen LogP contribution in [-0.2, 0) is 6.54 Å². The van der Waals surface area contributed by atoms with E-state index in [1.54, 1.807) is 34.1 Å². The molecule has 1 amide bonds. The zero-order chi connectivity index (χ0) is 20.4. The number of hydrogen-bond acceptors (Lipinski definition) is 5. The van der Waals surface area contributed by atoms with E-state index in [4.69, 9.17) is 0 Å². The van der Waals surface area contributed by atoms with Crippen LogP contribution in [0.5, 0.6) is 5.75 Å². The van der Waals surface area contributed by atoms with Crippen molar-refractivity contribution >= 4 is 22.9 Å². The van der Waals surface area contributed by atoms with Crippen LogP contribution in [0, 0.1) is 0 Å². The number of nitrogens with one attached hydrogen (secondary N) is 1. The van der Waals surface area contributed by atoms with Gasteiger partial charge in [0.15, 0.2) is 11.5 Å². The third-order valence-corrected chi connectivity index (χ3v) is 4.89. The highest BCUT2D eigenvalue weighted by Crippen LogP contribution is 2.26. The number of fused-ring (bicyclic) bond motifs is 1. The number of carbonyl (C=O) groups is 1. The summed E-state index contributed by atoms with van der Waals surface area (Å²) >= 11 is 1.55. The minimum atomic E-state index is -4.76. The normalized spacial score (nSPS) is 11.6. The van der Waals surface area contributed by atoms with Gasteiger partial charge < -0.3 is 10.1 Å². The maximum Gasteiger partial charge on any atom is 0.573 e. The molecule has 0 spiro atoms. The van der Waals surface area contributed by atoms with Crippen LogP contribution in [-0.4, -0.2) is 26.9 Å². The lowest BCUT2D eigenvalue weighted by molar-refractivity contribution is -0.274. The monoisotopic (exact) mass is 418 g/mol. The molecule has 0 bridgehead atoms. The number of halogens is 3. The molecule has 0 aliphatic heterocycles. The van der Waals surface area contributed by atoms with Gasteiger partial charge in [0, 0.05) is 16.6 Å². The third kappa shape index (κ3) is 4.37. The van der Waals surface area contributed by atoms with Gasteiger partial charge in [-0.1, -0.05) is 6.07 Å². The molecule has 29 heavy (non-hydrogen) atoms. The smallest absolute Gasteiger partial charge is 0.406 e. The van der Waals surface area contributed by atoms with Crippen LogP contribution < -0.4 is 10.1 Å². The number of amides is 1. The number of ether oxygens (including phenoxy) is 1. The summed E-state index contributed by atoms with van der Waals surface area (Å²) in [6, 6.07) is 12.4. The Hall–Kier alpha value is -3.40. The molecular formula is C19H13F3N4O2S. The lowest BCUT2D eigenvalue weighted by atomic mass is 10.2. The third-order valence-electron chi connectivity index (χ3n) is 4.01. The topological polar surface area (TPSA) is 68.5 Å². The molecule has 10 heteroatoms. The van der Waals surface area contributed by atoms with Crippen LogP contribution in [0.2, 0.25) is 0 Å². The van der Waals surface area contributed by atoms with Crippen LogP contribution in [0.3, 0.4) is 0 Å². The van der Waals surface area contributed by atoms with Crippen molar-refractivity contribution in [3.05, 3.63) is 70.5 Å². The number of nitrogens with zero attached hydrogens (tertiary/aromatic N) is 3. The number of pyridine rings is 1. The number of thiophene rings is 1. The molecule has 1 aromatic carbocycles. The Morgan fingerprint density at radius 2 is 1.90 bits per heavy atom. The van der Waals surface area contributed by atoms with Gasteiger partial charge in [0.25, 0.3) is 5.91 Å². The Kier molecular flexibility index (Phi) is 4.93. The molecule has 0 aliphatic carbocycles. The van der Waals surface area contributed by atoms with Crippen molar-refractivity contribution in [1.29, 1.82) is 0 Å². The van der Waals surface area contributed by atoms with Crippen LogP contribution in [0.25, 0.3) is 17.0 Å². The fourth-order valence-electron chi connectivity index (χ4n) is 2.71. The summed E-state index contributed by atoms with van der Waals surface area (Å²) < 4.78 is 42.4. The van der Waals surface area contributed by atoms with Gasteiger partial charge in [-0.05, 0) is 47.8 Å². The highest BCUT2D eigenvalue weighted by molar-refractivity contribution is 7.09. The zero-order valence-electron chi connectivity index (χ0n) is 14.7. The fourth-order valence-corrected chi connectivity index (χ4v) is 3.35. The van der Waals surface area contributed by atoms with Gasteiger partial charge in [-0.15, -0.1) is 34.7 Å². The lowest BCUT2D eigenvalue weighted by Gasteiger charge is -2.09. The summed E-state index contributed by atoms with van der Waals surface area (Å²) in [5.41, 5.74) is 1.45. The van der Waals surface area contributed by atoms with Gasteiger partial charge in [-0.25, -0.2) is 0 Å². The Labute approximate surface area is 166 Å². The Balaban J connectivity index is 1.57. The van der Waals surface area contributed by atoms with E-state index in [1.165, 1.54) is 24.3 Å². The first-order valence-electron chi connectivity index (χ1n) is 8.40. The van der Waals surface area contributed by atoms with Gasteiger partial charge >= 0.3 is 6.36 Å². The van der Waals surface area contributed by atoms with Gasteiger partial charge in [-0.3, -0.25) is 9.20 Å². The Morgan fingerprint density at radius 1 is 1.10 bits per heavy atom. The van der Waals surface area contributed by atoms with Crippen LogP contribution in [0.4, 0.5) is 13.2 Å². The maximum atomic E-state index is 12.4. The summed E-state index contributed by atoms with van der Waals surface area (Å²) in [4.78, 5) is 13.5. The van der Waals surface area contributed by atoms with Crippen molar-refractivity contribution < 1.29 is 22.7 Å². The molecule has 4 rings (SSSR count). The molecular weight excluding hydrogens is 405 g/mol. The molecule has 3 heterocycles. The lowest BCUT2D eigenvalue weighted by Crippen LogP contribution is -2.22.